The van der Waals surface area contributed by atoms with Crippen LogP contribution in [-0.4, -0.2) is 40.2 Å². The van der Waals surface area contributed by atoms with Gasteiger partial charge in [0.25, 0.3) is 0 Å². The van der Waals surface area contributed by atoms with E-state index in [1.165, 1.54) is 18.2 Å². The van der Waals surface area contributed by atoms with Crippen molar-refractivity contribution in [1.29, 1.82) is 0 Å². The normalized spacial score (nSPS) is 18.1. The molecule has 3 N–H and O–H groups in total. The maximum atomic E-state index is 12.0. The molecule has 0 saturated carbocycles. The predicted octanol–water partition coefficient (Wildman–Crippen LogP) is 2.35. The van der Waals surface area contributed by atoms with Crippen molar-refractivity contribution in [3.8, 4) is 5.75 Å². The minimum absolute atomic E-state index is 0.226. The zero-order chi connectivity index (χ0) is 14.7. The summed E-state index contributed by atoms with van der Waals surface area (Å²) in [4.78, 5) is 24.7. The van der Waals surface area contributed by atoms with Crippen LogP contribution in [-0.2, 0) is 0 Å². The van der Waals surface area contributed by atoms with Crippen molar-refractivity contribution >= 4 is 17.7 Å². The lowest BCUT2D eigenvalue weighted by molar-refractivity contribution is 0.0693. The molecule has 2 amide bonds. The number of phenols is 1. The highest BCUT2D eigenvalue weighted by atomic mass is 16.4. The molecule has 2 rings (SSSR count). The third-order valence-corrected chi connectivity index (χ3v) is 3.63. The van der Waals surface area contributed by atoms with E-state index in [1.807, 2.05) is 0 Å². The molecule has 1 unspecified atom stereocenters. The maximum Gasteiger partial charge on any atom is 0.339 e. The van der Waals surface area contributed by atoms with Crippen LogP contribution in [0, 0.1) is 5.92 Å². The Kier molecular flexibility index (Phi) is 4.12. The second-order valence-corrected chi connectivity index (χ2v) is 4.98. The maximum absolute atomic E-state index is 12.0. The molecule has 1 aromatic carbocycles. The summed E-state index contributed by atoms with van der Waals surface area (Å²) in [6.45, 7) is 3.55. The molecule has 108 valence electrons. The van der Waals surface area contributed by atoms with Gasteiger partial charge in [-0.2, -0.15) is 0 Å². The minimum atomic E-state index is -1.23. The van der Waals surface area contributed by atoms with Crippen LogP contribution in [0.4, 0.5) is 10.5 Å². The number of hydrogen-bond donors (Lipinski definition) is 3. The predicted molar refractivity (Wildman–Crippen MR) is 74.1 cm³/mol. The van der Waals surface area contributed by atoms with Crippen molar-refractivity contribution in [2.45, 2.75) is 19.8 Å². The number of anilines is 1. The van der Waals surface area contributed by atoms with Crippen molar-refractivity contribution in [2.75, 3.05) is 18.4 Å². The molecule has 0 radical (unpaired) electrons. The van der Waals surface area contributed by atoms with E-state index >= 15 is 0 Å². The lowest BCUT2D eigenvalue weighted by atomic mass is 10.1. The van der Waals surface area contributed by atoms with Gasteiger partial charge in [0.2, 0.25) is 0 Å². The molecule has 1 fully saturated rings. The van der Waals surface area contributed by atoms with E-state index in [1.54, 1.807) is 4.90 Å². The largest absolute Gasteiger partial charge is 0.507 e. The highest BCUT2D eigenvalue weighted by Gasteiger charge is 2.25. The van der Waals surface area contributed by atoms with Gasteiger partial charge < -0.3 is 20.4 Å². The first-order valence-electron chi connectivity index (χ1n) is 6.63. The van der Waals surface area contributed by atoms with Crippen LogP contribution in [0.25, 0.3) is 0 Å². The Hall–Kier alpha value is -2.24. The first-order chi connectivity index (χ1) is 9.51. The number of aromatic hydroxyl groups is 1. The number of urea groups is 1. The van der Waals surface area contributed by atoms with E-state index in [0.717, 1.165) is 19.4 Å². The van der Waals surface area contributed by atoms with Gasteiger partial charge in [0, 0.05) is 18.8 Å². The third kappa shape index (κ3) is 3.01. The van der Waals surface area contributed by atoms with Gasteiger partial charge in [-0.3, -0.25) is 0 Å². The van der Waals surface area contributed by atoms with Crippen molar-refractivity contribution in [3.05, 3.63) is 23.8 Å². The van der Waals surface area contributed by atoms with Crippen LogP contribution < -0.4 is 5.32 Å². The molecule has 20 heavy (non-hydrogen) atoms. The fraction of sp³-hybridized carbons (Fsp3) is 0.429. The SMILES string of the molecule is CCC1CCN(C(=O)Nc2ccc(O)c(C(=O)O)c2)C1. The number of likely N-dealkylation sites (tertiary alicyclic amines) is 1. The van der Waals surface area contributed by atoms with Crippen molar-refractivity contribution < 1.29 is 19.8 Å². The summed E-state index contributed by atoms with van der Waals surface area (Å²) in [5, 5.41) is 21.0. The fourth-order valence-electron chi connectivity index (χ4n) is 2.34. The number of benzene rings is 1. The van der Waals surface area contributed by atoms with Gasteiger partial charge in [0.05, 0.1) is 0 Å². The summed E-state index contributed by atoms with van der Waals surface area (Å²) in [6, 6.07) is 3.76. The zero-order valence-electron chi connectivity index (χ0n) is 11.3. The summed E-state index contributed by atoms with van der Waals surface area (Å²) in [5.74, 6) is -1.01. The first kappa shape index (κ1) is 14.2. The number of aromatic carboxylic acids is 1. The van der Waals surface area contributed by atoms with E-state index in [9.17, 15) is 14.7 Å². The molecule has 0 spiro atoms. The lowest BCUT2D eigenvalue weighted by Crippen LogP contribution is -2.33. The van der Waals surface area contributed by atoms with Crippen LogP contribution in [0.5, 0.6) is 5.75 Å². The summed E-state index contributed by atoms with van der Waals surface area (Å²) in [7, 11) is 0. The highest BCUT2D eigenvalue weighted by Crippen LogP contribution is 2.23. The highest BCUT2D eigenvalue weighted by molar-refractivity contribution is 5.95. The van der Waals surface area contributed by atoms with Gasteiger partial charge in [-0.15, -0.1) is 0 Å². The summed E-state index contributed by atoms with van der Waals surface area (Å²) in [6.07, 6.45) is 2.05. The third-order valence-electron chi connectivity index (χ3n) is 3.63. The Morgan fingerprint density at radius 1 is 1.45 bits per heavy atom. The van der Waals surface area contributed by atoms with E-state index in [4.69, 9.17) is 5.11 Å². The Morgan fingerprint density at radius 2 is 2.20 bits per heavy atom. The smallest absolute Gasteiger partial charge is 0.339 e. The second kappa shape index (κ2) is 5.81. The van der Waals surface area contributed by atoms with Gasteiger partial charge in [-0.1, -0.05) is 13.3 Å². The van der Waals surface area contributed by atoms with Crippen LogP contribution in [0.15, 0.2) is 18.2 Å². The first-order valence-corrected chi connectivity index (χ1v) is 6.63. The van der Waals surface area contributed by atoms with Crippen molar-refractivity contribution in [2.24, 2.45) is 5.92 Å². The summed E-state index contributed by atoms with van der Waals surface area (Å²) >= 11 is 0. The molecule has 1 atom stereocenters. The number of rotatable bonds is 3. The monoisotopic (exact) mass is 278 g/mol. The van der Waals surface area contributed by atoms with Crippen LogP contribution in [0.2, 0.25) is 0 Å². The number of nitrogens with one attached hydrogen (secondary N) is 1. The second-order valence-electron chi connectivity index (χ2n) is 4.98. The van der Waals surface area contributed by atoms with E-state index in [-0.39, 0.29) is 17.3 Å². The minimum Gasteiger partial charge on any atom is -0.507 e. The molecule has 1 heterocycles. The molecular weight excluding hydrogens is 260 g/mol. The number of carboxylic acid groups (broad SMARTS) is 1. The van der Waals surface area contributed by atoms with E-state index in [0.29, 0.717) is 18.2 Å². The van der Waals surface area contributed by atoms with Crippen molar-refractivity contribution in [1.82, 2.24) is 4.90 Å². The van der Waals surface area contributed by atoms with Gasteiger partial charge in [0.1, 0.15) is 11.3 Å². The average Bonchev–Trinajstić information content (AvgIpc) is 2.89. The van der Waals surface area contributed by atoms with Crippen LogP contribution in [0.3, 0.4) is 0 Å². The van der Waals surface area contributed by atoms with Gasteiger partial charge in [-0.25, -0.2) is 9.59 Å². The number of carbonyl (C=O) groups is 2. The molecule has 6 heteroatoms. The van der Waals surface area contributed by atoms with E-state index < -0.39 is 5.97 Å². The average molecular weight is 278 g/mol. The Bertz CT molecular complexity index is 530. The Labute approximate surface area is 117 Å². The Morgan fingerprint density at radius 3 is 2.80 bits per heavy atom. The van der Waals surface area contributed by atoms with Gasteiger partial charge in [-0.05, 0) is 30.5 Å². The number of amides is 2. The molecule has 1 aliphatic heterocycles. The van der Waals surface area contributed by atoms with Gasteiger partial charge >= 0.3 is 12.0 Å². The van der Waals surface area contributed by atoms with Crippen molar-refractivity contribution in [3.63, 3.8) is 0 Å². The molecule has 0 bridgehead atoms. The van der Waals surface area contributed by atoms with Gasteiger partial charge in [0.15, 0.2) is 0 Å². The number of nitrogens with zero attached hydrogens (tertiary/aromatic N) is 1. The molecular formula is C14H18N2O4. The molecule has 6 nitrogen and oxygen atoms in total. The topological polar surface area (TPSA) is 89.9 Å². The molecule has 1 aliphatic rings. The molecule has 1 aromatic rings. The standard InChI is InChI=1S/C14H18N2O4/c1-2-9-5-6-16(8-9)14(20)15-10-3-4-12(17)11(7-10)13(18)19/h3-4,7,9,17H,2,5-6,8H2,1H3,(H,15,20)(H,18,19). The summed E-state index contributed by atoms with van der Waals surface area (Å²) < 4.78 is 0. The number of carboxylic acids is 1. The fourth-order valence-corrected chi connectivity index (χ4v) is 2.34. The quantitative estimate of drug-likeness (QED) is 0.740. The number of hydrogen-bond acceptors (Lipinski definition) is 3. The zero-order valence-corrected chi connectivity index (χ0v) is 11.3. The molecule has 0 aliphatic carbocycles. The van der Waals surface area contributed by atoms with Crippen LogP contribution in [0.1, 0.15) is 30.1 Å². The van der Waals surface area contributed by atoms with E-state index in [2.05, 4.69) is 12.2 Å². The number of carbonyl (C=O) groups excluding carboxylic acids is 1. The molecule has 1 saturated heterocycles. The lowest BCUT2D eigenvalue weighted by Gasteiger charge is -2.17. The van der Waals surface area contributed by atoms with Crippen LogP contribution >= 0.6 is 0 Å². The summed E-state index contributed by atoms with van der Waals surface area (Å²) in [5.41, 5.74) is 0.140. The Balaban J connectivity index is 2.05. The molecule has 0 aromatic heterocycles.